The second-order valence-corrected chi connectivity index (χ2v) is 9.26. The van der Waals surface area contributed by atoms with Crippen molar-refractivity contribution in [1.82, 2.24) is 5.32 Å². The van der Waals surface area contributed by atoms with Crippen molar-refractivity contribution in [3.8, 4) is 0 Å². The topological polar surface area (TPSA) is 150 Å². The number of nitrogens with zero attached hydrogens (tertiary/aromatic N) is 2. The van der Waals surface area contributed by atoms with Crippen molar-refractivity contribution < 1.29 is 29.5 Å². The lowest BCUT2D eigenvalue weighted by atomic mass is 9.79. The Morgan fingerprint density at radius 1 is 0.974 bits per heavy atom. The van der Waals surface area contributed by atoms with E-state index < -0.39 is 52.7 Å². The highest BCUT2D eigenvalue weighted by Crippen LogP contribution is 2.50. The lowest BCUT2D eigenvalue weighted by Crippen LogP contribution is -2.58. The minimum Gasteiger partial charge on any atom is -0.480 e. The van der Waals surface area contributed by atoms with Gasteiger partial charge in [-0.05, 0) is 22.8 Å². The van der Waals surface area contributed by atoms with E-state index in [1.807, 2.05) is 54.6 Å². The highest BCUT2D eigenvalue weighted by atomic mass is 16.6. The van der Waals surface area contributed by atoms with Crippen LogP contribution in [0.2, 0.25) is 0 Å². The number of anilines is 1. The third-order valence-corrected chi connectivity index (χ3v) is 7.15. The number of nitro groups is 1. The van der Waals surface area contributed by atoms with Gasteiger partial charge in [-0.3, -0.25) is 29.8 Å². The summed E-state index contributed by atoms with van der Waals surface area (Å²) in [5, 5.41) is 34.4. The van der Waals surface area contributed by atoms with E-state index in [0.717, 1.165) is 22.1 Å². The first-order chi connectivity index (χ1) is 18.3. The third-order valence-electron chi connectivity index (χ3n) is 7.15. The maximum Gasteiger partial charge on any atom is 0.327 e. The Morgan fingerprint density at radius 3 is 2.24 bits per heavy atom. The Hall–Kier alpha value is -4.67. The number of aliphatic carboxylic acids is 1. The molecule has 38 heavy (non-hydrogen) atoms. The van der Waals surface area contributed by atoms with Crippen molar-refractivity contribution in [2.24, 2.45) is 11.8 Å². The first-order valence-corrected chi connectivity index (χ1v) is 11.8. The fraction of sp³-hybridized carbons (Fsp3) is 0.179. The van der Waals surface area contributed by atoms with Crippen molar-refractivity contribution in [1.29, 1.82) is 0 Å². The molecule has 4 unspecified atom stereocenters. The highest BCUT2D eigenvalue weighted by molar-refractivity contribution is 6.24. The Labute approximate surface area is 217 Å². The maximum absolute atomic E-state index is 13.6. The minimum absolute atomic E-state index is 0.0269. The fourth-order valence-corrected chi connectivity index (χ4v) is 5.27. The molecular weight excluding hydrogens is 490 g/mol. The van der Waals surface area contributed by atoms with Crippen LogP contribution < -0.4 is 10.2 Å². The van der Waals surface area contributed by atoms with E-state index in [1.165, 1.54) is 18.2 Å². The molecule has 0 radical (unpaired) electrons. The van der Waals surface area contributed by atoms with Gasteiger partial charge < -0.3 is 10.2 Å². The standard InChI is InChI=1S/C28H23N3O7/c32-16-28(27(35)36)23-22(25(33)30(26(23)34)20-7-4-8-21(15-20)31(37)38)24(29-28)19-13-11-18(12-14-19)10-9-17-5-2-1-3-6-17/h1-15,22-24,29,32H,16H2,(H,35,36)/b10-9+. The zero-order valence-corrected chi connectivity index (χ0v) is 19.9. The normalized spacial score (nSPS) is 24.7. The van der Waals surface area contributed by atoms with Gasteiger partial charge in [0.1, 0.15) is 0 Å². The van der Waals surface area contributed by atoms with Gasteiger partial charge in [-0.1, -0.05) is 72.8 Å². The summed E-state index contributed by atoms with van der Waals surface area (Å²) in [6.07, 6.45) is 3.85. The van der Waals surface area contributed by atoms with Crippen LogP contribution in [0.5, 0.6) is 0 Å². The molecule has 3 N–H and O–H groups in total. The number of carboxylic acid groups (broad SMARTS) is 1. The first-order valence-electron chi connectivity index (χ1n) is 11.8. The van der Waals surface area contributed by atoms with E-state index in [9.17, 15) is 34.7 Å². The van der Waals surface area contributed by atoms with Crippen LogP contribution in [0.3, 0.4) is 0 Å². The molecule has 0 spiro atoms. The first kappa shape index (κ1) is 25.0. The number of amides is 2. The number of aliphatic hydroxyl groups excluding tert-OH is 1. The molecule has 3 aromatic rings. The molecule has 2 saturated heterocycles. The smallest absolute Gasteiger partial charge is 0.327 e. The number of nitrogens with one attached hydrogen (secondary N) is 1. The molecule has 5 rings (SSSR count). The summed E-state index contributed by atoms with van der Waals surface area (Å²) in [7, 11) is 0. The summed E-state index contributed by atoms with van der Waals surface area (Å²) in [6, 6.07) is 20.9. The molecule has 3 aromatic carbocycles. The molecule has 2 aliphatic heterocycles. The number of carbonyl (C=O) groups excluding carboxylic acids is 2. The van der Waals surface area contributed by atoms with Gasteiger partial charge in [-0.2, -0.15) is 0 Å². The molecule has 2 amide bonds. The fourth-order valence-electron chi connectivity index (χ4n) is 5.27. The summed E-state index contributed by atoms with van der Waals surface area (Å²) in [5.74, 6) is -5.56. The van der Waals surface area contributed by atoms with Gasteiger partial charge in [0.15, 0.2) is 5.54 Å². The average molecular weight is 514 g/mol. The van der Waals surface area contributed by atoms with Gasteiger partial charge in [0.05, 0.1) is 29.1 Å². The summed E-state index contributed by atoms with van der Waals surface area (Å²) in [5.41, 5.74) is -0.00557. The molecule has 2 heterocycles. The van der Waals surface area contributed by atoms with Crippen LogP contribution in [0.4, 0.5) is 11.4 Å². The Morgan fingerprint density at radius 2 is 1.63 bits per heavy atom. The molecule has 10 nitrogen and oxygen atoms in total. The molecule has 4 atom stereocenters. The predicted octanol–water partition coefficient (Wildman–Crippen LogP) is 3.03. The molecule has 192 valence electrons. The number of hydrogen-bond acceptors (Lipinski definition) is 7. The van der Waals surface area contributed by atoms with E-state index in [2.05, 4.69) is 5.32 Å². The van der Waals surface area contributed by atoms with E-state index in [-0.39, 0.29) is 11.4 Å². The number of carboxylic acids is 1. The lowest BCUT2D eigenvalue weighted by molar-refractivity contribution is -0.384. The van der Waals surface area contributed by atoms with E-state index >= 15 is 0 Å². The predicted molar refractivity (Wildman–Crippen MR) is 138 cm³/mol. The molecule has 2 fully saturated rings. The van der Waals surface area contributed by atoms with Crippen LogP contribution in [0.15, 0.2) is 78.9 Å². The minimum atomic E-state index is -2.11. The summed E-state index contributed by atoms with van der Waals surface area (Å²) < 4.78 is 0. The zero-order chi connectivity index (χ0) is 27.0. The number of imide groups is 1. The van der Waals surface area contributed by atoms with Crippen molar-refractivity contribution in [2.75, 3.05) is 11.5 Å². The quantitative estimate of drug-likeness (QED) is 0.189. The Kier molecular flexibility index (Phi) is 6.35. The molecule has 0 aromatic heterocycles. The molecule has 0 bridgehead atoms. The molecule has 10 heteroatoms. The molecular formula is C28H23N3O7. The van der Waals surface area contributed by atoms with E-state index in [4.69, 9.17) is 0 Å². The number of non-ortho nitro benzene ring substituents is 1. The molecule has 0 saturated carbocycles. The second-order valence-electron chi connectivity index (χ2n) is 9.26. The van der Waals surface area contributed by atoms with Gasteiger partial charge in [-0.25, -0.2) is 4.90 Å². The van der Waals surface area contributed by atoms with Gasteiger partial charge >= 0.3 is 5.97 Å². The summed E-state index contributed by atoms with van der Waals surface area (Å²) in [4.78, 5) is 50.9. The van der Waals surface area contributed by atoms with Crippen LogP contribution >= 0.6 is 0 Å². The third kappa shape index (κ3) is 4.05. The van der Waals surface area contributed by atoms with Crippen LogP contribution in [-0.4, -0.2) is 45.1 Å². The Balaban J connectivity index is 1.51. The monoisotopic (exact) mass is 513 g/mol. The lowest BCUT2D eigenvalue weighted by Gasteiger charge is -2.29. The molecule has 0 aliphatic carbocycles. The second kappa shape index (κ2) is 9.66. The molecule has 2 aliphatic rings. The van der Waals surface area contributed by atoms with Crippen molar-refractivity contribution in [2.45, 2.75) is 11.6 Å². The number of aliphatic hydroxyl groups is 1. The van der Waals surface area contributed by atoms with Crippen LogP contribution in [-0.2, 0) is 14.4 Å². The average Bonchev–Trinajstić information content (AvgIpc) is 3.42. The van der Waals surface area contributed by atoms with Crippen LogP contribution in [0, 0.1) is 22.0 Å². The zero-order valence-electron chi connectivity index (χ0n) is 19.9. The number of fused-ring (bicyclic) bond motifs is 1. The number of benzene rings is 3. The van der Waals surface area contributed by atoms with E-state index in [0.29, 0.717) is 5.56 Å². The van der Waals surface area contributed by atoms with Gasteiger partial charge in [0, 0.05) is 18.2 Å². The van der Waals surface area contributed by atoms with Crippen LogP contribution in [0.1, 0.15) is 22.7 Å². The van der Waals surface area contributed by atoms with Gasteiger partial charge in [0.25, 0.3) is 5.69 Å². The Bertz CT molecular complexity index is 1450. The number of rotatable bonds is 7. The maximum atomic E-state index is 13.6. The van der Waals surface area contributed by atoms with E-state index in [1.54, 1.807) is 12.1 Å². The van der Waals surface area contributed by atoms with Crippen molar-refractivity contribution >= 4 is 41.3 Å². The van der Waals surface area contributed by atoms with Crippen molar-refractivity contribution in [3.63, 3.8) is 0 Å². The number of hydrogen-bond donors (Lipinski definition) is 3. The van der Waals surface area contributed by atoms with Crippen LogP contribution in [0.25, 0.3) is 12.2 Å². The highest BCUT2D eigenvalue weighted by Gasteiger charge is 2.68. The summed E-state index contributed by atoms with van der Waals surface area (Å²) >= 11 is 0. The number of nitro benzene ring substituents is 1. The summed E-state index contributed by atoms with van der Waals surface area (Å²) in [6.45, 7) is -0.931. The van der Waals surface area contributed by atoms with Gasteiger partial charge in [0.2, 0.25) is 11.8 Å². The largest absolute Gasteiger partial charge is 0.480 e. The van der Waals surface area contributed by atoms with Crippen molar-refractivity contribution in [3.05, 3.63) is 106 Å². The van der Waals surface area contributed by atoms with Gasteiger partial charge in [-0.15, -0.1) is 0 Å². The number of carbonyl (C=O) groups is 3. The SMILES string of the molecule is O=C1C2C(c3ccc(/C=C/c4ccccc4)cc3)NC(CO)(C(=O)O)C2C(=O)N1c1cccc([N+](=O)[O-])c1.